The highest BCUT2D eigenvalue weighted by Gasteiger charge is 2.49. The molecule has 3 heteroatoms. The Hall–Kier alpha value is -0.960. The van der Waals surface area contributed by atoms with Gasteiger partial charge in [0.15, 0.2) is 0 Å². The molecule has 1 aliphatic heterocycles. The maximum Gasteiger partial charge on any atom is 0.128 e. The fraction of sp³-hybridized carbons (Fsp3) is 0.455. The van der Waals surface area contributed by atoms with Crippen LogP contribution in [-0.2, 0) is 0 Å². The first-order valence-corrected chi connectivity index (χ1v) is 4.94. The van der Waals surface area contributed by atoms with Crippen molar-refractivity contribution in [3.63, 3.8) is 0 Å². The molecule has 1 aromatic rings. The van der Waals surface area contributed by atoms with Gasteiger partial charge in [0.25, 0.3) is 0 Å². The highest BCUT2D eigenvalue weighted by atomic mass is 19.1. The summed E-state index contributed by atoms with van der Waals surface area (Å²) in [6, 6.07) is 3.73. The fourth-order valence-electron chi connectivity index (χ4n) is 2.44. The van der Waals surface area contributed by atoms with Crippen LogP contribution in [0, 0.1) is 23.5 Å². The Kier molecular flexibility index (Phi) is 1.65. The second-order valence-corrected chi connectivity index (χ2v) is 4.21. The van der Waals surface area contributed by atoms with Crippen molar-refractivity contribution in [1.29, 1.82) is 0 Å². The van der Waals surface area contributed by atoms with E-state index in [9.17, 15) is 8.78 Å². The summed E-state index contributed by atoms with van der Waals surface area (Å²) in [6.07, 6.45) is 1.16. The number of benzene rings is 1. The van der Waals surface area contributed by atoms with Gasteiger partial charge in [-0.05, 0) is 43.0 Å². The molecule has 1 heterocycles. The van der Waals surface area contributed by atoms with Gasteiger partial charge in [0.05, 0.1) is 0 Å². The minimum Gasteiger partial charge on any atom is -0.309 e. The van der Waals surface area contributed by atoms with Crippen LogP contribution in [0.15, 0.2) is 18.2 Å². The van der Waals surface area contributed by atoms with Crippen molar-refractivity contribution in [1.82, 2.24) is 5.32 Å². The molecule has 0 bridgehead atoms. The molecule has 2 fully saturated rings. The summed E-state index contributed by atoms with van der Waals surface area (Å²) in [4.78, 5) is 0. The molecule has 3 rings (SSSR count). The average molecular weight is 195 g/mol. The molecule has 0 spiro atoms. The predicted octanol–water partition coefficient (Wildman–Crippen LogP) is 2.25. The number of piperidine rings is 1. The van der Waals surface area contributed by atoms with Crippen LogP contribution in [0.4, 0.5) is 8.78 Å². The third-order valence-electron chi connectivity index (χ3n) is 3.30. The first kappa shape index (κ1) is 8.36. The van der Waals surface area contributed by atoms with Gasteiger partial charge in [0, 0.05) is 11.6 Å². The number of rotatable bonds is 1. The van der Waals surface area contributed by atoms with Gasteiger partial charge in [-0.25, -0.2) is 8.78 Å². The SMILES string of the molecule is Fc1ccc(F)c([C@@H]2NCC3CC32)c1. The summed E-state index contributed by atoms with van der Waals surface area (Å²) in [5, 5.41) is 3.23. The van der Waals surface area contributed by atoms with E-state index in [2.05, 4.69) is 5.32 Å². The summed E-state index contributed by atoms with van der Waals surface area (Å²) >= 11 is 0. The van der Waals surface area contributed by atoms with Crippen LogP contribution >= 0.6 is 0 Å². The molecule has 2 unspecified atom stereocenters. The van der Waals surface area contributed by atoms with Crippen LogP contribution in [0.3, 0.4) is 0 Å². The van der Waals surface area contributed by atoms with E-state index in [0.29, 0.717) is 17.4 Å². The second-order valence-electron chi connectivity index (χ2n) is 4.21. The first-order valence-electron chi connectivity index (χ1n) is 4.94. The Balaban J connectivity index is 1.98. The summed E-state index contributed by atoms with van der Waals surface area (Å²) in [5.74, 6) is 0.581. The summed E-state index contributed by atoms with van der Waals surface area (Å²) in [5.41, 5.74) is 0.495. The molecule has 0 aromatic heterocycles. The van der Waals surface area contributed by atoms with Crippen LogP contribution in [0.1, 0.15) is 18.0 Å². The smallest absolute Gasteiger partial charge is 0.128 e. The molecule has 1 saturated heterocycles. The van der Waals surface area contributed by atoms with Gasteiger partial charge in [-0.1, -0.05) is 0 Å². The van der Waals surface area contributed by atoms with Gasteiger partial charge in [-0.2, -0.15) is 0 Å². The largest absolute Gasteiger partial charge is 0.309 e. The zero-order valence-electron chi connectivity index (χ0n) is 7.63. The molecule has 3 atom stereocenters. The Morgan fingerprint density at radius 2 is 2.14 bits per heavy atom. The molecular formula is C11H11F2N. The van der Waals surface area contributed by atoms with Gasteiger partial charge in [0.1, 0.15) is 11.6 Å². The maximum atomic E-state index is 13.4. The van der Waals surface area contributed by atoms with Gasteiger partial charge < -0.3 is 5.32 Å². The normalized spacial score (nSPS) is 34.3. The lowest BCUT2D eigenvalue weighted by Crippen LogP contribution is -2.19. The minimum atomic E-state index is -0.354. The lowest BCUT2D eigenvalue weighted by molar-refractivity contribution is 0.508. The van der Waals surface area contributed by atoms with E-state index >= 15 is 0 Å². The number of fused-ring (bicyclic) bond motifs is 1. The molecule has 2 aliphatic rings. The first-order chi connectivity index (χ1) is 6.75. The lowest BCUT2D eigenvalue weighted by Gasteiger charge is -2.14. The monoisotopic (exact) mass is 195 g/mol. The van der Waals surface area contributed by atoms with Crippen molar-refractivity contribution < 1.29 is 8.78 Å². The van der Waals surface area contributed by atoms with Crippen molar-refractivity contribution >= 4 is 0 Å². The van der Waals surface area contributed by atoms with E-state index in [1.165, 1.54) is 12.1 Å². The highest BCUT2D eigenvalue weighted by molar-refractivity contribution is 5.26. The van der Waals surface area contributed by atoms with E-state index in [-0.39, 0.29) is 17.7 Å². The molecule has 0 amide bonds. The fourth-order valence-corrected chi connectivity index (χ4v) is 2.44. The zero-order chi connectivity index (χ0) is 9.71. The zero-order valence-corrected chi connectivity index (χ0v) is 7.63. The Labute approximate surface area is 81.1 Å². The molecular weight excluding hydrogens is 184 g/mol. The number of hydrogen-bond acceptors (Lipinski definition) is 1. The third kappa shape index (κ3) is 1.16. The van der Waals surface area contributed by atoms with E-state index in [4.69, 9.17) is 0 Å². The van der Waals surface area contributed by atoms with E-state index in [1.54, 1.807) is 0 Å². The van der Waals surface area contributed by atoms with Crippen LogP contribution in [0.25, 0.3) is 0 Å². The van der Waals surface area contributed by atoms with E-state index < -0.39 is 0 Å². The molecule has 1 saturated carbocycles. The quantitative estimate of drug-likeness (QED) is 0.724. The predicted molar refractivity (Wildman–Crippen MR) is 48.7 cm³/mol. The second kappa shape index (κ2) is 2.76. The molecule has 14 heavy (non-hydrogen) atoms. The Morgan fingerprint density at radius 3 is 2.79 bits per heavy atom. The van der Waals surface area contributed by atoms with E-state index in [0.717, 1.165) is 19.0 Å². The lowest BCUT2D eigenvalue weighted by atomic mass is 10.0. The van der Waals surface area contributed by atoms with Crippen LogP contribution in [-0.4, -0.2) is 6.54 Å². The van der Waals surface area contributed by atoms with Crippen LogP contribution < -0.4 is 5.32 Å². The number of nitrogens with one attached hydrogen (secondary N) is 1. The van der Waals surface area contributed by atoms with Crippen molar-refractivity contribution in [3.05, 3.63) is 35.4 Å². The van der Waals surface area contributed by atoms with Crippen LogP contribution in [0.5, 0.6) is 0 Å². The van der Waals surface area contributed by atoms with Crippen molar-refractivity contribution in [2.75, 3.05) is 6.54 Å². The maximum absolute atomic E-state index is 13.4. The summed E-state index contributed by atoms with van der Waals surface area (Å²) in [6.45, 7) is 0.950. The van der Waals surface area contributed by atoms with Gasteiger partial charge in [-0.3, -0.25) is 0 Å². The third-order valence-corrected chi connectivity index (χ3v) is 3.30. The molecule has 1 aliphatic carbocycles. The summed E-state index contributed by atoms with van der Waals surface area (Å²) < 4.78 is 26.4. The Bertz CT molecular complexity index is 378. The number of halogens is 2. The summed E-state index contributed by atoms with van der Waals surface area (Å²) in [7, 11) is 0. The molecule has 74 valence electrons. The molecule has 1 aromatic carbocycles. The average Bonchev–Trinajstić information content (AvgIpc) is 2.83. The topological polar surface area (TPSA) is 12.0 Å². The molecule has 1 nitrogen and oxygen atoms in total. The van der Waals surface area contributed by atoms with Crippen molar-refractivity contribution in [2.24, 2.45) is 11.8 Å². The van der Waals surface area contributed by atoms with Crippen molar-refractivity contribution in [2.45, 2.75) is 12.5 Å². The standard InChI is InChI=1S/C11H11F2N/c12-7-1-2-10(13)9(4-7)11-8-3-6(8)5-14-11/h1-2,4,6,8,11,14H,3,5H2/t6?,8?,11-/m1/s1. The van der Waals surface area contributed by atoms with Gasteiger partial charge in [0.2, 0.25) is 0 Å². The van der Waals surface area contributed by atoms with Gasteiger partial charge in [-0.15, -0.1) is 0 Å². The van der Waals surface area contributed by atoms with E-state index in [1.807, 2.05) is 0 Å². The number of hydrogen-bond donors (Lipinski definition) is 1. The van der Waals surface area contributed by atoms with Crippen molar-refractivity contribution in [3.8, 4) is 0 Å². The van der Waals surface area contributed by atoms with Gasteiger partial charge >= 0.3 is 0 Å². The highest BCUT2D eigenvalue weighted by Crippen LogP contribution is 2.51. The molecule has 1 N–H and O–H groups in total. The Morgan fingerprint density at radius 1 is 1.29 bits per heavy atom. The minimum absolute atomic E-state index is 0.0377. The van der Waals surface area contributed by atoms with Crippen LogP contribution in [0.2, 0.25) is 0 Å². The molecule has 0 radical (unpaired) electrons.